The predicted octanol–water partition coefficient (Wildman–Crippen LogP) is 2.50. The van der Waals surface area contributed by atoms with Crippen LogP contribution in [-0.2, 0) is 4.74 Å². The van der Waals surface area contributed by atoms with Crippen molar-refractivity contribution in [1.82, 2.24) is 0 Å². The molecule has 0 spiro atoms. The van der Waals surface area contributed by atoms with E-state index in [4.69, 9.17) is 26.8 Å². The number of esters is 1. The fourth-order valence-electron chi connectivity index (χ4n) is 1.18. The lowest BCUT2D eigenvalue weighted by molar-refractivity contribution is 0.0374. The molecule has 4 nitrogen and oxygen atoms in total. The molecule has 88 valence electrons. The Hall–Kier alpha value is -1.42. The van der Waals surface area contributed by atoms with E-state index in [1.54, 1.807) is 13.8 Å². The average Bonchev–Trinajstić information content (AvgIpc) is 2.20. The van der Waals surface area contributed by atoms with Gasteiger partial charge in [0.05, 0.1) is 23.9 Å². The van der Waals surface area contributed by atoms with Gasteiger partial charge in [0.15, 0.2) is 0 Å². The normalized spacial score (nSPS) is 10.3. The van der Waals surface area contributed by atoms with Gasteiger partial charge < -0.3 is 15.2 Å². The number of nitrogens with two attached hydrogens (primary N) is 1. The largest absolute Gasteiger partial charge is 0.496 e. The van der Waals surface area contributed by atoms with Crippen molar-refractivity contribution < 1.29 is 14.3 Å². The SMILES string of the molecule is COc1cc(N)c(Cl)cc1C(=O)OC(C)C. The van der Waals surface area contributed by atoms with Crippen LogP contribution in [0, 0.1) is 0 Å². The van der Waals surface area contributed by atoms with E-state index >= 15 is 0 Å². The maximum atomic E-state index is 11.7. The number of benzene rings is 1. The first-order chi connectivity index (χ1) is 7.45. The van der Waals surface area contributed by atoms with E-state index in [1.807, 2.05) is 0 Å². The van der Waals surface area contributed by atoms with E-state index in [9.17, 15) is 4.79 Å². The highest BCUT2D eigenvalue weighted by molar-refractivity contribution is 6.33. The van der Waals surface area contributed by atoms with Gasteiger partial charge in [0.25, 0.3) is 0 Å². The summed E-state index contributed by atoms with van der Waals surface area (Å²) in [5.74, 6) is -0.124. The van der Waals surface area contributed by atoms with Gasteiger partial charge >= 0.3 is 5.97 Å². The molecule has 16 heavy (non-hydrogen) atoms. The van der Waals surface area contributed by atoms with Crippen molar-refractivity contribution in [2.24, 2.45) is 0 Å². The molecular formula is C11H14ClNO3. The van der Waals surface area contributed by atoms with Crippen LogP contribution in [-0.4, -0.2) is 19.2 Å². The van der Waals surface area contributed by atoms with Gasteiger partial charge in [0.1, 0.15) is 11.3 Å². The Labute approximate surface area is 99.3 Å². The minimum atomic E-state index is -0.478. The summed E-state index contributed by atoms with van der Waals surface area (Å²) in [6.07, 6.45) is -0.200. The van der Waals surface area contributed by atoms with Crippen LogP contribution in [0.25, 0.3) is 0 Å². The maximum Gasteiger partial charge on any atom is 0.342 e. The summed E-state index contributed by atoms with van der Waals surface area (Å²) in [5, 5.41) is 0.302. The van der Waals surface area contributed by atoms with Crippen LogP contribution in [0.1, 0.15) is 24.2 Å². The Morgan fingerprint density at radius 3 is 2.56 bits per heavy atom. The Morgan fingerprint density at radius 2 is 2.06 bits per heavy atom. The zero-order valence-corrected chi connectivity index (χ0v) is 10.2. The number of carbonyl (C=O) groups is 1. The third kappa shape index (κ3) is 2.79. The molecule has 0 saturated heterocycles. The molecule has 0 aliphatic carbocycles. The summed E-state index contributed by atoms with van der Waals surface area (Å²) in [7, 11) is 1.45. The summed E-state index contributed by atoms with van der Waals surface area (Å²) in [6, 6.07) is 2.94. The Kier molecular flexibility index (Phi) is 4.01. The van der Waals surface area contributed by atoms with Crippen molar-refractivity contribution in [2.75, 3.05) is 12.8 Å². The van der Waals surface area contributed by atoms with Crippen LogP contribution < -0.4 is 10.5 Å². The van der Waals surface area contributed by atoms with E-state index in [2.05, 4.69) is 0 Å². The quantitative estimate of drug-likeness (QED) is 0.655. The summed E-state index contributed by atoms with van der Waals surface area (Å²) in [5.41, 5.74) is 6.24. The average molecular weight is 244 g/mol. The number of methoxy groups -OCH3 is 1. The van der Waals surface area contributed by atoms with E-state index in [-0.39, 0.29) is 11.7 Å². The molecule has 0 unspecified atom stereocenters. The summed E-state index contributed by atoms with van der Waals surface area (Å²) < 4.78 is 10.1. The van der Waals surface area contributed by atoms with Crippen molar-refractivity contribution in [2.45, 2.75) is 20.0 Å². The van der Waals surface area contributed by atoms with Crippen LogP contribution in [0.4, 0.5) is 5.69 Å². The smallest absolute Gasteiger partial charge is 0.342 e. The van der Waals surface area contributed by atoms with Crippen molar-refractivity contribution in [3.05, 3.63) is 22.7 Å². The number of hydrogen-bond acceptors (Lipinski definition) is 4. The molecule has 0 saturated carbocycles. The fraction of sp³-hybridized carbons (Fsp3) is 0.364. The number of anilines is 1. The summed E-state index contributed by atoms with van der Waals surface area (Å²) in [4.78, 5) is 11.7. The van der Waals surface area contributed by atoms with Crippen molar-refractivity contribution in [3.8, 4) is 5.75 Å². The monoisotopic (exact) mass is 243 g/mol. The van der Waals surface area contributed by atoms with E-state index < -0.39 is 5.97 Å². The summed E-state index contributed by atoms with van der Waals surface area (Å²) >= 11 is 5.84. The highest BCUT2D eigenvalue weighted by Crippen LogP contribution is 2.29. The lowest BCUT2D eigenvalue weighted by atomic mass is 10.2. The Balaban J connectivity index is 3.11. The molecule has 0 fully saturated rings. The first-order valence-electron chi connectivity index (χ1n) is 4.79. The topological polar surface area (TPSA) is 61.5 Å². The third-order valence-corrected chi connectivity index (χ3v) is 2.21. The van der Waals surface area contributed by atoms with Gasteiger partial charge in [-0.15, -0.1) is 0 Å². The maximum absolute atomic E-state index is 11.7. The highest BCUT2D eigenvalue weighted by Gasteiger charge is 2.17. The second-order valence-electron chi connectivity index (χ2n) is 3.53. The number of hydrogen-bond donors (Lipinski definition) is 1. The Bertz CT molecular complexity index is 404. The van der Waals surface area contributed by atoms with Crippen LogP contribution in [0.5, 0.6) is 5.75 Å². The molecule has 0 bridgehead atoms. The van der Waals surface area contributed by atoms with Crippen molar-refractivity contribution >= 4 is 23.3 Å². The van der Waals surface area contributed by atoms with Gasteiger partial charge in [0, 0.05) is 6.07 Å². The zero-order chi connectivity index (χ0) is 12.3. The van der Waals surface area contributed by atoms with Crippen molar-refractivity contribution in [1.29, 1.82) is 0 Å². The number of ether oxygens (including phenoxy) is 2. The van der Waals surface area contributed by atoms with Gasteiger partial charge in [-0.05, 0) is 19.9 Å². The number of halogens is 1. The lowest BCUT2D eigenvalue weighted by Crippen LogP contribution is -2.13. The first kappa shape index (κ1) is 12.6. The molecule has 0 aliphatic rings. The van der Waals surface area contributed by atoms with Gasteiger partial charge in [0.2, 0.25) is 0 Å². The fourth-order valence-corrected chi connectivity index (χ4v) is 1.34. The first-order valence-corrected chi connectivity index (χ1v) is 5.17. The molecule has 1 aromatic rings. The molecular weight excluding hydrogens is 230 g/mol. The number of carbonyl (C=O) groups excluding carboxylic acids is 1. The minimum Gasteiger partial charge on any atom is -0.496 e. The molecule has 0 amide bonds. The number of rotatable bonds is 3. The van der Waals surface area contributed by atoms with Crippen molar-refractivity contribution in [3.63, 3.8) is 0 Å². The second-order valence-corrected chi connectivity index (χ2v) is 3.94. The van der Waals surface area contributed by atoms with E-state index in [0.29, 0.717) is 16.5 Å². The molecule has 1 aromatic carbocycles. The summed E-state index contributed by atoms with van der Waals surface area (Å²) in [6.45, 7) is 3.53. The van der Waals surface area contributed by atoms with E-state index in [1.165, 1.54) is 19.2 Å². The van der Waals surface area contributed by atoms with E-state index in [0.717, 1.165) is 0 Å². The molecule has 2 N–H and O–H groups in total. The predicted molar refractivity (Wildman–Crippen MR) is 63.0 cm³/mol. The third-order valence-electron chi connectivity index (χ3n) is 1.88. The van der Waals surface area contributed by atoms with Gasteiger partial charge in [-0.25, -0.2) is 4.79 Å². The Morgan fingerprint density at radius 1 is 1.44 bits per heavy atom. The molecule has 0 aromatic heterocycles. The standard InChI is InChI=1S/C11H14ClNO3/c1-6(2)16-11(14)7-4-8(12)9(13)5-10(7)15-3/h4-6H,13H2,1-3H3. The van der Waals surface area contributed by atoms with Crippen LogP contribution in [0.2, 0.25) is 5.02 Å². The zero-order valence-electron chi connectivity index (χ0n) is 9.41. The van der Waals surface area contributed by atoms with Gasteiger partial charge in [-0.2, -0.15) is 0 Å². The number of nitrogen functional groups attached to an aromatic ring is 1. The molecule has 5 heteroatoms. The second kappa shape index (κ2) is 5.07. The molecule has 0 heterocycles. The molecule has 0 aliphatic heterocycles. The lowest BCUT2D eigenvalue weighted by Gasteiger charge is -2.12. The highest BCUT2D eigenvalue weighted by atomic mass is 35.5. The molecule has 1 rings (SSSR count). The van der Waals surface area contributed by atoms with Crippen LogP contribution >= 0.6 is 11.6 Å². The molecule has 0 radical (unpaired) electrons. The van der Waals surface area contributed by atoms with Gasteiger partial charge in [-0.1, -0.05) is 11.6 Å². The minimum absolute atomic E-state index is 0.200. The molecule has 0 atom stereocenters. The van der Waals surface area contributed by atoms with Gasteiger partial charge in [-0.3, -0.25) is 0 Å². The van der Waals surface area contributed by atoms with Crippen LogP contribution in [0.3, 0.4) is 0 Å². The van der Waals surface area contributed by atoms with Crippen LogP contribution in [0.15, 0.2) is 12.1 Å².